The fourth-order valence-electron chi connectivity index (χ4n) is 3.19. The Morgan fingerprint density at radius 3 is 2.38 bits per heavy atom. The van der Waals surface area contributed by atoms with Gasteiger partial charge in [-0.3, -0.25) is 9.59 Å². The molecule has 0 saturated heterocycles. The molecule has 2 amide bonds. The first-order valence-electron chi connectivity index (χ1n) is 8.94. The van der Waals surface area contributed by atoms with Crippen LogP contribution in [0.25, 0.3) is 0 Å². The lowest BCUT2D eigenvalue weighted by molar-refractivity contribution is -0.122. The average molecular weight is 331 g/mol. The Morgan fingerprint density at radius 1 is 1.08 bits per heavy atom. The van der Waals surface area contributed by atoms with Crippen LogP contribution in [0.15, 0.2) is 24.3 Å². The topological polar surface area (TPSA) is 84.2 Å². The number of aryl methyl sites for hydroxylation is 1. The van der Waals surface area contributed by atoms with E-state index in [4.69, 9.17) is 5.73 Å². The van der Waals surface area contributed by atoms with Gasteiger partial charge < -0.3 is 16.4 Å². The molecule has 0 spiro atoms. The van der Waals surface area contributed by atoms with Crippen molar-refractivity contribution in [3.8, 4) is 0 Å². The Kier molecular flexibility index (Phi) is 7.25. The summed E-state index contributed by atoms with van der Waals surface area (Å²) in [6.45, 7) is 2.77. The molecule has 0 aromatic heterocycles. The maximum Gasteiger partial charge on any atom is 0.251 e. The molecule has 1 aromatic carbocycles. The van der Waals surface area contributed by atoms with E-state index in [1.165, 1.54) is 32.1 Å². The third-order valence-electron chi connectivity index (χ3n) is 4.67. The number of hydrogen-bond donors (Lipinski definition) is 3. The summed E-state index contributed by atoms with van der Waals surface area (Å²) in [6.07, 6.45) is 6.95. The molecular formula is C19H29N3O2. The minimum Gasteiger partial charge on any atom is -0.353 e. The van der Waals surface area contributed by atoms with Crippen molar-refractivity contribution >= 4 is 11.8 Å². The smallest absolute Gasteiger partial charge is 0.251 e. The van der Waals surface area contributed by atoms with E-state index in [9.17, 15) is 9.59 Å². The molecule has 1 unspecified atom stereocenters. The summed E-state index contributed by atoms with van der Waals surface area (Å²) in [5, 5.41) is 5.61. The Hall–Kier alpha value is -1.88. The van der Waals surface area contributed by atoms with Crippen LogP contribution >= 0.6 is 0 Å². The highest BCUT2D eigenvalue weighted by Crippen LogP contribution is 2.26. The lowest BCUT2D eigenvalue weighted by atomic mass is 9.85. The van der Waals surface area contributed by atoms with E-state index in [1.54, 1.807) is 12.1 Å². The van der Waals surface area contributed by atoms with Crippen LogP contribution in [0.3, 0.4) is 0 Å². The standard InChI is InChI=1S/C19H29N3O2/c1-14-7-9-16(10-8-14)18(23)21-11-12-22-19(24)17(20)13-15-5-3-2-4-6-15/h7-10,15,17H,2-6,11-13,20H2,1H3,(H,21,23)(H,22,24). The Labute approximate surface area is 144 Å². The van der Waals surface area contributed by atoms with Crippen LogP contribution in [-0.2, 0) is 4.79 Å². The third-order valence-corrected chi connectivity index (χ3v) is 4.67. The van der Waals surface area contributed by atoms with Crippen molar-refractivity contribution in [1.29, 1.82) is 0 Å². The molecule has 0 heterocycles. The number of rotatable bonds is 7. The Morgan fingerprint density at radius 2 is 1.71 bits per heavy atom. The maximum atomic E-state index is 12.0. The molecule has 5 heteroatoms. The number of benzene rings is 1. The minimum atomic E-state index is -0.444. The normalized spacial score (nSPS) is 16.4. The van der Waals surface area contributed by atoms with E-state index >= 15 is 0 Å². The van der Waals surface area contributed by atoms with Crippen molar-refractivity contribution in [3.63, 3.8) is 0 Å². The molecule has 0 radical (unpaired) electrons. The molecule has 2 rings (SSSR count). The third kappa shape index (κ3) is 5.96. The zero-order valence-corrected chi connectivity index (χ0v) is 14.5. The number of nitrogens with two attached hydrogens (primary N) is 1. The zero-order chi connectivity index (χ0) is 17.4. The molecule has 0 aliphatic heterocycles. The van der Waals surface area contributed by atoms with Gasteiger partial charge in [0.25, 0.3) is 5.91 Å². The SMILES string of the molecule is Cc1ccc(C(=O)NCCNC(=O)C(N)CC2CCCCC2)cc1. The van der Waals surface area contributed by atoms with Crippen LogP contribution in [0.5, 0.6) is 0 Å². The van der Waals surface area contributed by atoms with Gasteiger partial charge in [0.05, 0.1) is 6.04 Å². The van der Waals surface area contributed by atoms with E-state index in [0.717, 1.165) is 12.0 Å². The number of hydrogen-bond acceptors (Lipinski definition) is 3. The molecule has 4 N–H and O–H groups in total. The molecule has 0 bridgehead atoms. The van der Waals surface area contributed by atoms with E-state index in [2.05, 4.69) is 10.6 Å². The molecule has 1 atom stereocenters. The quantitative estimate of drug-likeness (QED) is 0.669. The first kappa shape index (κ1) is 18.5. The van der Waals surface area contributed by atoms with Crippen LogP contribution in [-0.4, -0.2) is 30.9 Å². The first-order valence-corrected chi connectivity index (χ1v) is 8.94. The van der Waals surface area contributed by atoms with Crippen molar-refractivity contribution in [2.24, 2.45) is 11.7 Å². The lowest BCUT2D eigenvalue weighted by Crippen LogP contribution is -2.44. The number of carbonyl (C=O) groups is 2. The van der Waals surface area contributed by atoms with Gasteiger partial charge in [-0.2, -0.15) is 0 Å². The van der Waals surface area contributed by atoms with Gasteiger partial charge in [-0.25, -0.2) is 0 Å². The van der Waals surface area contributed by atoms with E-state index in [1.807, 2.05) is 19.1 Å². The summed E-state index contributed by atoms with van der Waals surface area (Å²) in [5.41, 5.74) is 7.74. The van der Waals surface area contributed by atoms with Gasteiger partial charge in [0, 0.05) is 18.7 Å². The summed E-state index contributed by atoms with van der Waals surface area (Å²) < 4.78 is 0. The fourth-order valence-corrected chi connectivity index (χ4v) is 3.19. The summed E-state index contributed by atoms with van der Waals surface area (Å²) in [7, 11) is 0. The van der Waals surface area contributed by atoms with Gasteiger partial charge in [-0.15, -0.1) is 0 Å². The molecule has 1 saturated carbocycles. The van der Waals surface area contributed by atoms with Gasteiger partial charge in [-0.1, -0.05) is 49.8 Å². The van der Waals surface area contributed by atoms with Crippen molar-refractivity contribution in [2.45, 2.75) is 51.5 Å². The second-order valence-corrected chi connectivity index (χ2v) is 6.76. The molecule has 1 aliphatic carbocycles. The van der Waals surface area contributed by atoms with E-state index in [-0.39, 0.29) is 11.8 Å². The van der Waals surface area contributed by atoms with Crippen LogP contribution in [0, 0.1) is 12.8 Å². The van der Waals surface area contributed by atoms with Crippen molar-refractivity contribution < 1.29 is 9.59 Å². The maximum absolute atomic E-state index is 12.0. The molecule has 1 fully saturated rings. The van der Waals surface area contributed by atoms with E-state index < -0.39 is 6.04 Å². The second-order valence-electron chi connectivity index (χ2n) is 6.76. The zero-order valence-electron chi connectivity index (χ0n) is 14.5. The van der Waals surface area contributed by atoms with Gasteiger partial charge in [0.2, 0.25) is 5.91 Å². The van der Waals surface area contributed by atoms with Crippen molar-refractivity contribution in [1.82, 2.24) is 10.6 Å². The molecule has 5 nitrogen and oxygen atoms in total. The van der Waals surface area contributed by atoms with Crippen molar-refractivity contribution in [3.05, 3.63) is 35.4 Å². The van der Waals surface area contributed by atoms with Crippen LogP contribution < -0.4 is 16.4 Å². The summed E-state index contributed by atoms with van der Waals surface area (Å²) in [4.78, 5) is 24.0. The van der Waals surface area contributed by atoms with Gasteiger partial charge in [-0.05, 0) is 31.4 Å². The van der Waals surface area contributed by atoms with Crippen LogP contribution in [0.4, 0.5) is 0 Å². The van der Waals surface area contributed by atoms with Crippen LogP contribution in [0.2, 0.25) is 0 Å². The minimum absolute atomic E-state index is 0.120. The highest BCUT2D eigenvalue weighted by molar-refractivity contribution is 5.94. The van der Waals surface area contributed by atoms with Gasteiger partial charge >= 0.3 is 0 Å². The summed E-state index contributed by atoms with van der Waals surface area (Å²) in [5.74, 6) is 0.335. The molecular weight excluding hydrogens is 302 g/mol. The summed E-state index contributed by atoms with van der Waals surface area (Å²) in [6, 6.07) is 6.95. The van der Waals surface area contributed by atoms with Gasteiger partial charge in [0.15, 0.2) is 0 Å². The Balaban J connectivity index is 1.63. The van der Waals surface area contributed by atoms with Crippen molar-refractivity contribution in [2.75, 3.05) is 13.1 Å². The number of carbonyl (C=O) groups excluding carboxylic acids is 2. The summed E-state index contributed by atoms with van der Waals surface area (Å²) >= 11 is 0. The highest BCUT2D eigenvalue weighted by Gasteiger charge is 2.20. The molecule has 24 heavy (non-hydrogen) atoms. The van der Waals surface area contributed by atoms with Gasteiger partial charge in [0.1, 0.15) is 0 Å². The van der Waals surface area contributed by atoms with E-state index in [0.29, 0.717) is 24.6 Å². The predicted octanol–water partition coefficient (Wildman–Crippen LogP) is 2.14. The average Bonchev–Trinajstić information content (AvgIpc) is 2.59. The molecule has 1 aliphatic rings. The largest absolute Gasteiger partial charge is 0.353 e. The second kappa shape index (κ2) is 9.42. The molecule has 1 aromatic rings. The Bertz CT molecular complexity index is 536. The first-order chi connectivity index (χ1) is 11.6. The lowest BCUT2D eigenvalue weighted by Gasteiger charge is -2.24. The molecule has 132 valence electrons. The van der Waals surface area contributed by atoms with Crippen LogP contribution in [0.1, 0.15) is 54.4 Å². The predicted molar refractivity (Wildman–Crippen MR) is 95.7 cm³/mol. The monoisotopic (exact) mass is 331 g/mol. The highest BCUT2D eigenvalue weighted by atomic mass is 16.2. The number of nitrogens with one attached hydrogen (secondary N) is 2. The fraction of sp³-hybridized carbons (Fsp3) is 0.579. The number of amides is 2.